The Morgan fingerprint density at radius 1 is 1.12 bits per heavy atom. The Kier molecular flexibility index (Phi) is 7.58. The van der Waals surface area contributed by atoms with Crippen LogP contribution in [0.25, 0.3) is 10.1 Å². The molecule has 1 N–H and O–H groups in total. The quantitative estimate of drug-likeness (QED) is 0.382. The van der Waals surface area contributed by atoms with Crippen molar-refractivity contribution in [3.63, 3.8) is 0 Å². The molecule has 1 aliphatic carbocycles. The fourth-order valence-corrected chi connectivity index (χ4v) is 6.64. The highest BCUT2D eigenvalue weighted by molar-refractivity contribution is 7.92. The minimum Gasteiger partial charge on any atom is -0.497 e. The molecule has 3 aromatic rings. The van der Waals surface area contributed by atoms with Crippen LogP contribution in [0.3, 0.4) is 0 Å². The summed E-state index contributed by atoms with van der Waals surface area (Å²) in [5.74, 6) is 0.514. The maximum Gasteiger partial charge on any atom is 0.264 e. The lowest BCUT2D eigenvalue weighted by Crippen LogP contribution is -2.30. The zero-order chi connectivity index (χ0) is 24.1. The molecule has 1 heterocycles. The van der Waals surface area contributed by atoms with Crippen LogP contribution in [0.4, 0.5) is 5.69 Å². The van der Waals surface area contributed by atoms with Crippen molar-refractivity contribution in [3.05, 3.63) is 65.1 Å². The van der Waals surface area contributed by atoms with Crippen molar-refractivity contribution < 1.29 is 17.9 Å². The van der Waals surface area contributed by atoms with E-state index in [0.717, 1.165) is 29.3 Å². The lowest BCUT2D eigenvalue weighted by Gasteiger charge is -2.23. The lowest BCUT2D eigenvalue weighted by molar-refractivity contribution is 0.0958. The lowest BCUT2D eigenvalue weighted by atomic mass is 9.97. The molecule has 6 nitrogen and oxygen atoms in total. The minimum absolute atomic E-state index is 0.0858. The molecule has 0 bridgehead atoms. The summed E-state index contributed by atoms with van der Waals surface area (Å²) in [5, 5.41) is 3.88. The van der Waals surface area contributed by atoms with Crippen molar-refractivity contribution in [2.75, 3.05) is 24.5 Å². The van der Waals surface area contributed by atoms with Gasteiger partial charge in [-0.15, -0.1) is 11.3 Å². The van der Waals surface area contributed by atoms with Gasteiger partial charge in [0.1, 0.15) is 5.75 Å². The summed E-state index contributed by atoms with van der Waals surface area (Å²) in [7, 11) is -2.19. The van der Waals surface area contributed by atoms with Crippen LogP contribution in [0.15, 0.2) is 65.1 Å². The summed E-state index contributed by atoms with van der Waals surface area (Å²) in [6.07, 6.45) is 7.98. The second-order valence-electron chi connectivity index (χ2n) is 8.29. The van der Waals surface area contributed by atoms with Crippen LogP contribution < -0.4 is 14.4 Å². The van der Waals surface area contributed by atoms with Crippen molar-refractivity contribution >= 4 is 43.0 Å². The van der Waals surface area contributed by atoms with Gasteiger partial charge in [0.05, 0.1) is 22.6 Å². The number of carbonyl (C=O) groups is 1. The number of carbonyl (C=O) groups excluding carboxylic acids is 1. The van der Waals surface area contributed by atoms with E-state index in [9.17, 15) is 13.2 Å². The third-order valence-electron chi connectivity index (χ3n) is 6.06. The molecule has 1 amide bonds. The van der Waals surface area contributed by atoms with Gasteiger partial charge in [0, 0.05) is 17.8 Å². The molecule has 0 fully saturated rings. The van der Waals surface area contributed by atoms with Crippen molar-refractivity contribution in [1.29, 1.82) is 0 Å². The minimum atomic E-state index is -3.73. The maximum absolute atomic E-state index is 13.3. The smallest absolute Gasteiger partial charge is 0.264 e. The third kappa shape index (κ3) is 5.28. The Bertz CT molecular complexity index is 1290. The number of nitrogens with zero attached hydrogens (tertiary/aromatic N) is 1. The Balaban J connectivity index is 1.50. The van der Waals surface area contributed by atoms with E-state index in [4.69, 9.17) is 4.74 Å². The van der Waals surface area contributed by atoms with E-state index >= 15 is 0 Å². The average molecular weight is 499 g/mol. The number of amides is 1. The van der Waals surface area contributed by atoms with Crippen molar-refractivity contribution in [2.24, 2.45) is 0 Å². The molecule has 4 rings (SSSR count). The molecule has 1 aromatic heterocycles. The molecule has 0 unspecified atom stereocenters. The molecular formula is C26H30N2O4S2. The van der Waals surface area contributed by atoms with Gasteiger partial charge in [-0.1, -0.05) is 11.6 Å². The summed E-state index contributed by atoms with van der Waals surface area (Å²) in [6.45, 7) is 2.72. The number of benzene rings is 2. The third-order valence-corrected chi connectivity index (χ3v) is 9.10. The number of hydrogen-bond acceptors (Lipinski definition) is 5. The second-order valence-corrected chi connectivity index (χ2v) is 11.2. The molecule has 0 saturated heterocycles. The zero-order valence-electron chi connectivity index (χ0n) is 19.5. The molecule has 0 spiro atoms. The Hall–Kier alpha value is -2.84. The van der Waals surface area contributed by atoms with E-state index in [2.05, 4.69) is 11.4 Å². The van der Waals surface area contributed by atoms with Crippen molar-refractivity contribution in [3.8, 4) is 5.75 Å². The number of anilines is 1. The van der Waals surface area contributed by atoms with Gasteiger partial charge in [0.15, 0.2) is 0 Å². The number of methoxy groups -OCH3 is 1. The van der Waals surface area contributed by atoms with Gasteiger partial charge in [0.25, 0.3) is 15.9 Å². The summed E-state index contributed by atoms with van der Waals surface area (Å²) in [5.41, 5.74) is 2.00. The Morgan fingerprint density at radius 2 is 1.91 bits per heavy atom. The van der Waals surface area contributed by atoms with E-state index < -0.39 is 10.0 Å². The molecule has 8 heteroatoms. The van der Waals surface area contributed by atoms with Gasteiger partial charge in [-0.3, -0.25) is 9.10 Å². The summed E-state index contributed by atoms with van der Waals surface area (Å²) < 4.78 is 34.0. The molecule has 0 radical (unpaired) electrons. The van der Waals surface area contributed by atoms with Gasteiger partial charge in [-0.25, -0.2) is 8.42 Å². The number of ether oxygens (including phenoxy) is 1. The number of sulfonamides is 1. The van der Waals surface area contributed by atoms with Crippen LogP contribution in [-0.4, -0.2) is 34.5 Å². The van der Waals surface area contributed by atoms with Crippen molar-refractivity contribution in [2.45, 2.75) is 43.9 Å². The first kappa shape index (κ1) is 24.3. The predicted molar refractivity (Wildman–Crippen MR) is 139 cm³/mol. The van der Waals surface area contributed by atoms with E-state index in [1.165, 1.54) is 34.1 Å². The molecule has 2 aromatic carbocycles. The summed E-state index contributed by atoms with van der Waals surface area (Å²) in [6, 6.07) is 13.7. The van der Waals surface area contributed by atoms with Gasteiger partial charge >= 0.3 is 0 Å². The first-order valence-electron chi connectivity index (χ1n) is 11.6. The highest BCUT2D eigenvalue weighted by atomic mass is 32.2. The number of allylic oxidation sites excluding steroid dienone is 1. The SMILES string of the molecule is CCN(c1ccc2sc(C(=O)NCCC3=CCCCC3)cc2c1)S(=O)(=O)c1ccc(OC)cc1. The van der Waals surface area contributed by atoms with Crippen LogP contribution in [0.1, 0.15) is 48.7 Å². The molecule has 0 atom stereocenters. The van der Waals surface area contributed by atoms with E-state index in [-0.39, 0.29) is 17.3 Å². The van der Waals surface area contributed by atoms with E-state index in [1.807, 2.05) is 18.2 Å². The predicted octanol–water partition coefficient (Wildman–Crippen LogP) is 5.75. The highest BCUT2D eigenvalue weighted by Crippen LogP contribution is 2.32. The van der Waals surface area contributed by atoms with E-state index in [1.54, 1.807) is 44.4 Å². The maximum atomic E-state index is 13.3. The number of hydrogen-bond donors (Lipinski definition) is 1. The molecule has 0 saturated carbocycles. The number of rotatable bonds is 9. The van der Waals surface area contributed by atoms with E-state index in [0.29, 0.717) is 22.9 Å². The summed E-state index contributed by atoms with van der Waals surface area (Å²) in [4.78, 5) is 13.5. The molecule has 1 aliphatic rings. The zero-order valence-corrected chi connectivity index (χ0v) is 21.2. The standard InChI is InChI=1S/C26H30N2O4S2/c1-3-28(34(30,31)23-12-10-22(32-2)11-13-23)21-9-14-24-20(17-21)18-25(33-24)26(29)27-16-15-19-7-5-4-6-8-19/h7,9-14,17-18H,3-6,8,15-16H2,1-2H3,(H,27,29). The first-order chi connectivity index (χ1) is 16.4. The van der Waals surface area contributed by atoms with Crippen LogP contribution in [-0.2, 0) is 10.0 Å². The number of thiophene rings is 1. The largest absolute Gasteiger partial charge is 0.497 e. The molecular weight excluding hydrogens is 468 g/mol. The van der Waals surface area contributed by atoms with Gasteiger partial charge in [-0.05, 0) is 92.9 Å². The Morgan fingerprint density at radius 3 is 2.59 bits per heavy atom. The Labute approximate surface area is 205 Å². The highest BCUT2D eigenvalue weighted by Gasteiger charge is 2.24. The summed E-state index contributed by atoms with van der Waals surface area (Å²) >= 11 is 1.42. The fourth-order valence-electron chi connectivity index (χ4n) is 4.22. The average Bonchev–Trinajstić information content (AvgIpc) is 3.29. The molecule has 180 valence electrons. The van der Waals surface area contributed by atoms with Crippen LogP contribution in [0, 0.1) is 0 Å². The van der Waals surface area contributed by atoms with Crippen LogP contribution >= 0.6 is 11.3 Å². The number of nitrogens with one attached hydrogen (secondary N) is 1. The second kappa shape index (κ2) is 10.6. The van der Waals surface area contributed by atoms with Gasteiger partial charge < -0.3 is 10.1 Å². The van der Waals surface area contributed by atoms with Gasteiger partial charge in [0.2, 0.25) is 0 Å². The first-order valence-corrected chi connectivity index (χ1v) is 13.8. The van der Waals surface area contributed by atoms with Crippen molar-refractivity contribution in [1.82, 2.24) is 5.32 Å². The fraction of sp³-hybridized carbons (Fsp3) is 0.346. The van der Waals surface area contributed by atoms with Crippen LogP contribution in [0.5, 0.6) is 5.75 Å². The van der Waals surface area contributed by atoms with Gasteiger partial charge in [-0.2, -0.15) is 0 Å². The topological polar surface area (TPSA) is 75.7 Å². The number of fused-ring (bicyclic) bond motifs is 1. The normalized spacial score (nSPS) is 14.0. The molecule has 0 aliphatic heterocycles. The monoisotopic (exact) mass is 498 g/mol. The molecule has 34 heavy (non-hydrogen) atoms. The van der Waals surface area contributed by atoms with Crippen LogP contribution in [0.2, 0.25) is 0 Å².